The van der Waals surface area contributed by atoms with Crippen LogP contribution < -0.4 is 9.80 Å². The molecule has 2 heterocycles. The Balaban J connectivity index is 0.000000133. The Morgan fingerprint density at radius 2 is 0.558 bits per heavy atom. The lowest BCUT2D eigenvalue weighted by Crippen LogP contribution is -2.17. The predicted molar refractivity (Wildman–Crippen MR) is 502 cm³/mol. The van der Waals surface area contributed by atoms with Gasteiger partial charge in [0.15, 0.2) is 0 Å². The molecule has 0 saturated carbocycles. The summed E-state index contributed by atoms with van der Waals surface area (Å²) in [6.07, 6.45) is 0. The minimum Gasteiger partial charge on any atom is -0.456 e. The highest BCUT2D eigenvalue weighted by molar-refractivity contribution is 6.22. The first-order chi connectivity index (χ1) is 58.5. The highest BCUT2D eigenvalue weighted by atomic mass is 16.3. The molecule has 0 aliphatic heterocycles. The third kappa shape index (κ3) is 9.47. The summed E-state index contributed by atoms with van der Waals surface area (Å²) in [5.74, 6) is 0. The maximum atomic E-state index is 6.92. The van der Waals surface area contributed by atoms with Crippen molar-refractivity contribution in [1.82, 2.24) is 0 Å². The van der Waals surface area contributed by atoms with E-state index in [1.807, 2.05) is 0 Å². The van der Waals surface area contributed by atoms with Gasteiger partial charge in [0.05, 0.1) is 11.4 Å². The normalized spacial score (nSPS) is 14.6. The molecular formula is C116H82N2O2. The van der Waals surface area contributed by atoms with Gasteiger partial charge in [-0.2, -0.15) is 0 Å². The summed E-state index contributed by atoms with van der Waals surface area (Å²) >= 11 is 0. The van der Waals surface area contributed by atoms with Crippen molar-refractivity contribution in [2.75, 3.05) is 9.80 Å². The van der Waals surface area contributed by atoms with Crippen molar-refractivity contribution in [2.24, 2.45) is 0 Å². The third-order valence-corrected chi connectivity index (χ3v) is 28.4. The molecule has 26 rings (SSSR count). The van der Waals surface area contributed by atoms with Crippen molar-refractivity contribution >= 4 is 99.5 Å². The maximum absolute atomic E-state index is 6.92. The fourth-order valence-electron chi connectivity index (χ4n) is 22.6. The van der Waals surface area contributed by atoms with Gasteiger partial charge in [-0.25, -0.2) is 0 Å². The van der Waals surface area contributed by atoms with Crippen LogP contribution in [0.4, 0.5) is 34.1 Å². The summed E-state index contributed by atoms with van der Waals surface area (Å²) in [6, 6.07) is 131. The molecule has 0 saturated heterocycles. The van der Waals surface area contributed by atoms with E-state index < -0.39 is 0 Å². The molecule has 2 aromatic heterocycles. The highest BCUT2D eigenvalue weighted by Crippen LogP contribution is 2.61. The quantitative estimate of drug-likeness (QED) is 0.152. The fraction of sp³-hybridized carbons (Fsp3) is 0.103. The predicted octanol–water partition coefficient (Wildman–Crippen LogP) is 32.3. The molecule has 4 heteroatoms. The summed E-state index contributed by atoms with van der Waals surface area (Å²) < 4.78 is 13.5. The summed E-state index contributed by atoms with van der Waals surface area (Å²) in [4.78, 5) is 5.00. The van der Waals surface area contributed by atoms with Gasteiger partial charge in [0.25, 0.3) is 0 Å². The van der Waals surface area contributed by atoms with E-state index in [4.69, 9.17) is 8.83 Å². The number of furan rings is 2. The van der Waals surface area contributed by atoms with Crippen LogP contribution in [0.3, 0.4) is 0 Å². The van der Waals surface area contributed by atoms with Gasteiger partial charge in [-0.1, -0.05) is 310 Å². The van der Waals surface area contributed by atoms with Crippen molar-refractivity contribution in [3.8, 4) is 111 Å². The Morgan fingerprint density at radius 1 is 0.200 bits per heavy atom. The summed E-state index contributed by atoms with van der Waals surface area (Å²) in [6.45, 7) is 18.9. The second-order valence-corrected chi connectivity index (χ2v) is 36.1. The molecule has 120 heavy (non-hydrogen) atoms. The first-order valence-electron chi connectivity index (χ1n) is 42.3. The van der Waals surface area contributed by atoms with Crippen molar-refractivity contribution in [3.63, 3.8) is 0 Å². The van der Waals surface area contributed by atoms with Crippen molar-refractivity contribution < 1.29 is 8.83 Å². The van der Waals surface area contributed by atoms with Crippen LogP contribution in [-0.2, 0) is 21.7 Å². The Kier molecular flexibility index (Phi) is 14.1. The monoisotopic (exact) mass is 1530 g/mol. The first-order valence-corrected chi connectivity index (χ1v) is 42.3. The van der Waals surface area contributed by atoms with E-state index in [9.17, 15) is 0 Å². The van der Waals surface area contributed by atoms with Gasteiger partial charge >= 0.3 is 0 Å². The Labute approximate surface area is 698 Å². The zero-order valence-electron chi connectivity index (χ0n) is 68.2. The number of anilines is 6. The van der Waals surface area contributed by atoms with Crippen molar-refractivity contribution in [2.45, 2.75) is 77.0 Å². The lowest BCUT2D eigenvalue weighted by molar-refractivity contribution is 0.660. The molecule has 568 valence electrons. The average molecular weight is 1540 g/mol. The molecule has 0 radical (unpaired) electrons. The largest absolute Gasteiger partial charge is 0.456 e. The highest BCUT2D eigenvalue weighted by Gasteiger charge is 2.43. The topological polar surface area (TPSA) is 32.8 Å². The van der Waals surface area contributed by atoms with Crippen molar-refractivity contribution in [3.05, 3.63) is 396 Å². The number of fused-ring (bicyclic) bond motifs is 24. The van der Waals surface area contributed by atoms with Gasteiger partial charge in [-0.05, 0) is 258 Å². The van der Waals surface area contributed by atoms with Crippen molar-refractivity contribution in [1.29, 1.82) is 0 Å². The van der Waals surface area contributed by atoms with E-state index >= 15 is 0 Å². The lowest BCUT2D eigenvalue weighted by Gasteiger charge is -2.30. The van der Waals surface area contributed by atoms with Gasteiger partial charge in [-0.3, -0.25) is 0 Å². The van der Waals surface area contributed by atoms with Gasteiger partial charge in [0.1, 0.15) is 22.3 Å². The molecule has 0 bridgehead atoms. The van der Waals surface area contributed by atoms with Crippen LogP contribution in [0.25, 0.3) is 177 Å². The number of nitrogens with zero attached hydrogens (tertiary/aromatic N) is 2. The zero-order valence-corrected chi connectivity index (χ0v) is 68.2. The molecule has 0 atom stereocenters. The van der Waals surface area contributed by atoms with Crippen LogP contribution in [0.5, 0.6) is 0 Å². The molecule has 0 unspecified atom stereocenters. The minimum atomic E-state index is -0.132. The molecule has 4 nitrogen and oxygen atoms in total. The molecule has 6 aliphatic carbocycles. The Bertz CT molecular complexity index is 7910. The second kappa shape index (κ2) is 24.6. The van der Waals surface area contributed by atoms with E-state index in [0.717, 1.165) is 72.2 Å². The van der Waals surface area contributed by atoms with Crippen LogP contribution in [0.15, 0.2) is 361 Å². The second-order valence-electron chi connectivity index (χ2n) is 36.1. The molecule has 0 fully saturated rings. The number of hydrogen-bond acceptors (Lipinski definition) is 4. The fourth-order valence-corrected chi connectivity index (χ4v) is 22.6. The maximum Gasteiger partial charge on any atom is 0.143 e. The Hall–Kier alpha value is -14.3. The van der Waals surface area contributed by atoms with E-state index in [-0.39, 0.29) is 21.7 Å². The summed E-state index contributed by atoms with van der Waals surface area (Å²) in [7, 11) is 0. The van der Waals surface area contributed by atoms with E-state index in [1.54, 1.807) is 0 Å². The van der Waals surface area contributed by atoms with E-state index in [0.29, 0.717) is 0 Å². The standard InChI is InChI=1S/2C58H41NO/c1-57(2)49-23-10-8-17-46(49)55-50(57)24-13-25-52(55)59(35-26-28-40-39-16-7-9-22-48(39)58(3,4)51(40)33-35)34-27-31-53-47(32-34)45-21-12-20-44(56(45)60-53)38-29-30-43-37-15-6-5-14-36(37)41-18-11-19-42(38)54(41)43;1-57(2)49-20-10-8-17-44(49)56-50(57)21-12-22-52(56)59(38-24-26-42-41-16-7-9-19-48(41)58(3,4)51(42)33-38)37-25-28-54-46(32-37)45-30-34(23-27-53(45)60-54)36-29-35-13-11-18-43-39-14-5-6-15-40(39)47(31-36)55(35)43/h2*5-33H,1-4H3. The smallest absolute Gasteiger partial charge is 0.143 e. The number of benzene rings is 18. The number of rotatable bonds is 8. The Morgan fingerprint density at radius 3 is 1.11 bits per heavy atom. The summed E-state index contributed by atoms with van der Waals surface area (Å²) in [5, 5.41) is 9.64. The summed E-state index contributed by atoms with van der Waals surface area (Å²) in [5.41, 5.74) is 46.5. The molecule has 18 aromatic carbocycles. The SMILES string of the molecule is CC1(C)c2ccccc2-c2ccc(N(c3ccc4oc5c(-c6ccc7c8c(cccc68)-c6ccccc6-7)cccc5c4c3)c3cccc4c3-c3ccccc3C4(C)C)cc21.CC1(C)c2ccccc2-c2ccc(N(c3ccc4oc5ccc(-c6cc7c8c(cccc8c6)-c6ccccc6-7)cc5c4c3)c3cccc4c3-c3ccccc3C4(C)C)cc21. The molecular weight excluding hydrogens is 1450 g/mol. The molecule has 0 spiro atoms. The van der Waals surface area contributed by atoms with Crippen LogP contribution in [0, 0.1) is 0 Å². The zero-order chi connectivity index (χ0) is 80.1. The number of hydrogen-bond donors (Lipinski definition) is 0. The van der Waals surface area contributed by atoms with Gasteiger partial charge in [-0.15, -0.1) is 0 Å². The first kappa shape index (κ1) is 68.9. The lowest BCUT2D eigenvalue weighted by atomic mass is 9.82. The molecule has 0 amide bonds. The van der Waals surface area contributed by atoms with Gasteiger partial charge in [0, 0.05) is 82.6 Å². The third-order valence-electron chi connectivity index (χ3n) is 28.4. The van der Waals surface area contributed by atoms with Crippen LogP contribution in [0.1, 0.15) is 99.9 Å². The average Bonchev–Trinajstić information content (AvgIpc) is 1.56. The van der Waals surface area contributed by atoms with E-state index in [2.05, 4.69) is 417 Å². The van der Waals surface area contributed by atoms with Crippen LogP contribution in [-0.4, -0.2) is 0 Å². The van der Waals surface area contributed by atoms with Crippen LogP contribution >= 0.6 is 0 Å². The minimum absolute atomic E-state index is 0.123. The molecule has 20 aromatic rings. The number of para-hydroxylation sites is 1. The van der Waals surface area contributed by atoms with E-state index in [1.165, 1.54) is 183 Å². The van der Waals surface area contributed by atoms with Crippen LogP contribution in [0.2, 0.25) is 0 Å². The molecule has 6 aliphatic rings. The van der Waals surface area contributed by atoms with Gasteiger partial charge < -0.3 is 18.6 Å². The van der Waals surface area contributed by atoms with Gasteiger partial charge in [0.2, 0.25) is 0 Å². The molecule has 0 N–H and O–H groups in total.